The van der Waals surface area contributed by atoms with Gasteiger partial charge in [-0.1, -0.05) is 0 Å². The predicted octanol–water partition coefficient (Wildman–Crippen LogP) is 0.324. The van der Waals surface area contributed by atoms with Crippen LogP contribution < -0.4 is 17.2 Å². The lowest BCUT2D eigenvalue weighted by molar-refractivity contribution is 0.607. The van der Waals surface area contributed by atoms with E-state index in [1.807, 2.05) is 0 Å². The van der Waals surface area contributed by atoms with Crippen LogP contribution in [0.2, 0.25) is 0 Å². The lowest BCUT2D eigenvalue weighted by atomic mass is 10.1. The molecule has 0 aliphatic heterocycles. The Hall–Kier alpha value is -2.83. The van der Waals surface area contributed by atoms with Crippen molar-refractivity contribution in [1.82, 2.24) is 0 Å². The fourth-order valence-corrected chi connectivity index (χ4v) is 1.45. The van der Waals surface area contributed by atoms with E-state index in [1.54, 1.807) is 24.3 Å². The normalized spacial score (nSPS) is 10.9. The van der Waals surface area contributed by atoms with Gasteiger partial charge in [-0.05, 0) is 24.3 Å². The number of nitrogen functional groups attached to an aromatic ring is 1. The van der Waals surface area contributed by atoms with Crippen LogP contribution in [-0.2, 0) is 0 Å². The molecule has 1 heterocycles. The van der Waals surface area contributed by atoms with E-state index in [-0.39, 0.29) is 11.8 Å². The molecular weight excluding hydrogens is 232 g/mol. The van der Waals surface area contributed by atoms with Crippen LogP contribution in [0.1, 0.15) is 11.3 Å². The minimum atomic E-state index is -0.124. The SMILES string of the molecule is N=C(N)c1ccc2oc(C=NN=C(N)N)cc2c1. The Labute approximate surface area is 102 Å². The fourth-order valence-electron chi connectivity index (χ4n) is 1.45. The molecule has 2 rings (SSSR count). The number of guanidine groups is 1. The molecule has 2 aromatic rings. The summed E-state index contributed by atoms with van der Waals surface area (Å²) in [5, 5.41) is 15.3. The van der Waals surface area contributed by atoms with Gasteiger partial charge in [0, 0.05) is 10.9 Å². The van der Waals surface area contributed by atoms with E-state index in [2.05, 4.69) is 10.2 Å². The fraction of sp³-hybridized carbons (Fsp3) is 0. The molecule has 0 unspecified atom stereocenters. The van der Waals surface area contributed by atoms with Crippen molar-refractivity contribution in [2.24, 2.45) is 27.4 Å². The molecule has 0 aliphatic rings. The molecule has 1 aromatic carbocycles. The van der Waals surface area contributed by atoms with Crippen LogP contribution in [0, 0.1) is 5.41 Å². The Morgan fingerprint density at radius 2 is 2.00 bits per heavy atom. The zero-order chi connectivity index (χ0) is 13.1. The number of benzene rings is 1. The van der Waals surface area contributed by atoms with Gasteiger partial charge >= 0.3 is 0 Å². The highest BCUT2D eigenvalue weighted by molar-refractivity contribution is 5.99. The van der Waals surface area contributed by atoms with Gasteiger partial charge in [0.1, 0.15) is 17.2 Å². The van der Waals surface area contributed by atoms with E-state index < -0.39 is 0 Å². The standard InChI is InChI=1S/C11H12N6O/c12-10(13)6-1-2-9-7(3-6)4-8(18-9)5-16-17-11(14)15/h1-5H,(H3,12,13)(H4,14,15,17). The molecule has 0 fully saturated rings. The average molecular weight is 244 g/mol. The third-order valence-corrected chi connectivity index (χ3v) is 2.20. The molecule has 0 saturated carbocycles. The molecule has 92 valence electrons. The van der Waals surface area contributed by atoms with Gasteiger partial charge in [-0.15, -0.1) is 5.10 Å². The second kappa shape index (κ2) is 4.58. The van der Waals surface area contributed by atoms with Gasteiger partial charge in [0.05, 0.1) is 6.21 Å². The van der Waals surface area contributed by atoms with Gasteiger partial charge in [-0.3, -0.25) is 5.41 Å². The van der Waals surface area contributed by atoms with Crippen LogP contribution in [0.4, 0.5) is 0 Å². The lowest BCUT2D eigenvalue weighted by Crippen LogP contribution is -2.21. The van der Waals surface area contributed by atoms with Crippen molar-refractivity contribution < 1.29 is 4.42 Å². The Balaban J connectivity index is 2.35. The summed E-state index contributed by atoms with van der Waals surface area (Å²) in [5.41, 5.74) is 17.0. The van der Waals surface area contributed by atoms with Crippen LogP contribution in [0.3, 0.4) is 0 Å². The van der Waals surface area contributed by atoms with Gasteiger partial charge in [0.25, 0.3) is 0 Å². The highest BCUT2D eigenvalue weighted by Crippen LogP contribution is 2.19. The monoisotopic (exact) mass is 244 g/mol. The molecule has 0 radical (unpaired) electrons. The number of furan rings is 1. The highest BCUT2D eigenvalue weighted by atomic mass is 16.3. The van der Waals surface area contributed by atoms with Gasteiger partial charge < -0.3 is 21.6 Å². The third-order valence-electron chi connectivity index (χ3n) is 2.20. The van der Waals surface area contributed by atoms with Crippen LogP contribution in [0.15, 0.2) is 38.9 Å². The summed E-state index contributed by atoms with van der Waals surface area (Å²) in [6, 6.07) is 6.97. The number of hydrogen-bond acceptors (Lipinski definition) is 4. The molecule has 7 nitrogen and oxygen atoms in total. The zero-order valence-electron chi connectivity index (χ0n) is 9.42. The number of nitrogens with zero attached hydrogens (tertiary/aromatic N) is 2. The molecule has 1 aromatic heterocycles. The molecule has 0 amide bonds. The summed E-state index contributed by atoms with van der Waals surface area (Å²) in [7, 11) is 0. The van der Waals surface area contributed by atoms with Crippen molar-refractivity contribution in [3.8, 4) is 0 Å². The summed E-state index contributed by atoms with van der Waals surface area (Å²) in [6.45, 7) is 0. The number of rotatable bonds is 3. The number of nitrogens with one attached hydrogen (secondary N) is 1. The molecule has 7 N–H and O–H groups in total. The topological polar surface area (TPSA) is 140 Å². The minimum Gasteiger partial charge on any atom is -0.455 e. The van der Waals surface area contributed by atoms with Crippen LogP contribution in [-0.4, -0.2) is 18.0 Å². The van der Waals surface area contributed by atoms with Crippen molar-refractivity contribution in [3.05, 3.63) is 35.6 Å². The van der Waals surface area contributed by atoms with Crippen molar-refractivity contribution >= 4 is 29.0 Å². The second-order valence-corrected chi connectivity index (χ2v) is 3.58. The number of hydrogen-bond donors (Lipinski definition) is 4. The van der Waals surface area contributed by atoms with Crippen molar-refractivity contribution in [2.75, 3.05) is 0 Å². The highest BCUT2D eigenvalue weighted by Gasteiger charge is 2.04. The maximum atomic E-state index is 7.35. The number of fused-ring (bicyclic) bond motifs is 1. The average Bonchev–Trinajstić information content (AvgIpc) is 2.69. The van der Waals surface area contributed by atoms with E-state index in [1.165, 1.54) is 6.21 Å². The number of nitrogens with two attached hydrogens (primary N) is 3. The molecule has 0 atom stereocenters. The summed E-state index contributed by atoms with van der Waals surface area (Å²) in [4.78, 5) is 0. The maximum absolute atomic E-state index is 7.35. The molecule has 7 heteroatoms. The van der Waals surface area contributed by atoms with Gasteiger partial charge in [-0.25, -0.2) is 0 Å². The first-order valence-electron chi connectivity index (χ1n) is 5.06. The molecule has 0 aliphatic carbocycles. The smallest absolute Gasteiger partial charge is 0.211 e. The zero-order valence-corrected chi connectivity index (χ0v) is 9.42. The summed E-state index contributed by atoms with van der Waals surface area (Å²) >= 11 is 0. The first kappa shape index (κ1) is 11.6. The molecule has 0 saturated heterocycles. The van der Waals surface area contributed by atoms with Crippen molar-refractivity contribution in [2.45, 2.75) is 0 Å². The Morgan fingerprint density at radius 1 is 1.22 bits per heavy atom. The van der Waals surface area contributed by atoms with E-state index in [4.69, 9.17) is 27.0 Å². The molecule has 18 heavy (non-hydrogen) atoms. The van der Waals surface area contributed by atoms with Gasteiger partial charge in [-0.2, -0.15) is 5.10 Å². The number of amidine groups is 1. The van der Waals surface area contributed by atoms with E-state index >= 15 is 0 Å². The maximum Gasteiger partial charge on any atom is 0.211 e. The van der Waals surface area contributed by atoms with Crippen LogP contribution in [0.5, 0.6) is 0 Å². The first-order valence-corrected chi connectivity index (χ1v) is 5.06. The largest absolute Gasteiger partial charge is 0.455 e. The van der Waals surface area contributed by atoms with E-state index in [0.717, 1.165) is 5.39 Å². The summed E-state index contributed by atoms with van der Waals surface area (Å²) in [5.74, 6) is 0.394. The molecule has 0 spiro atoms. The van der Waals surface area contributed by atoms with Crippen LogP contribution >= 0.6 is 0 Å². The Kier molecular flexibility index (Phi) is 2.96. The van der Waals surface area contributed by atoms with Crippen molar-refractivity contribution in [3.63, 3.8) is 0 Å². The van der Waals surface area contributed by atoms with Gasteiger partial charge in [0.15, 0.2) is 0 Å². The second-order valence-electron chi connectivity index (χ2n) is 3.58. The van der Waals surface area contributed by atoms with E-state index in [9.17, 15) is 0 Å². The van der Waals surface area contributed by atoms with Crippen LogP contribution in [0.25, 0.3) is 11.0 Å². The quantitative estimate of drug-likeness (QED) is 0.350. The molecular formula is C11H12N6O. The summed E-state index contributed by atoms with van der Waals surface area (Å²) in [6.07, 6.45) is 1.40. The lowest BCUT2D eigenvalue weighted by Gasteiger charge is -1.95. The predicted molar refractivity (Wildman–Crippen MR) is 70.6 cm³/mol. The first-order chi connectivity index (χ1) is 8.56. The van der Waals surface area contributed by atoms with Crippen molar-refractivity contribution in [1.29, 1.82) is 5.41 Å². The Morgan fingerprint density at radius 3 is 2.67 bits per heavy atom. The Bertz CT molecular complexity index is 651. The van der Waals surface area contributed by atoms with E-state index in [0.29, 0.717) is 16.9 Å². The minimum absolute atomic E-state index is 0.00817. The molecule has 0 bridgehead atoms. The van der Waals surface area contributed by atoms with Gasteiger partial charge in [0.2, 0.25) is 5.96 Å². The third kappa shape index (κ3) is 2.46. The summed E-state index contributed by atoms with van der Waals surface area (Å²) < 4.78 is 5.47.